The molecular formula is C20H25N3O4S. The second kappa shape index (κ2) is 8.06. The molecule has 0 saturated carbocycles. The standard InChI is InChI=1S/C20H25N3O4S/c24-19(22-13-17-7-3-4-10-21-17)18-9-12-27-20(18)28(25,26)23-11-8-15-5-1-2-6-16(15)14-23/h1-2,5-6,9,12,17,21H,3-4,7-8,10-11,13-14H2,(H,22,24)/t17-/m1/s1. The first-order valence-corrected chi connectivity index (χ1v) is 11.2. The van der Waals surface area contributed by atoms with Crippen LogP contribution in [0, 0.1) is 0 Å². The van der Waals surface area contributed by atoms with Gasteiger partial charge in [-0.05, 0) is 43.0 Å². The number of furan rings is 1. The Hall–Kier alpha value is -2.16. The fourth-order valence-electron chi connectivity index (χ4n) is 3.87. The van der Waals surface area contributed by atoms with Crippen molar-refractivity contribution in [3.05, 3.63) is 53.3 Å². The van der Waals surface area contributed by atoms with E-state index in [1.807, 2.05) is 24.3 Å². The van der Waals surface area contributed by atoms with Gasteiger partial charge in [-0.2, -0.15) is 4.31 Å². The van der Waals surface area contributed by atoms with E-state index in [1.54, 1.807) is 0 Å². The Morgan fingerprint density at radius 2 is 2.04 bits per heavy atom. The van der Waals surface area contributed by atoms with E-state index in [1.165, 1.54) is 16.6 Å². The maximum Gasteiger partial charge on any atom is 0.277 e. The average molecular weight is 404 g/mol. The number of sulfonamides is 1. The maximum absolute atomic E-state index is 13.1. The Kier molecular flexibility index (Phi) is 5.52. The molecule has 1 amide bonds. The normalized spacial score (nSPS) is 20.5. The third-order valence-corrected chi connectivity index (χ3v) is 7.24. The highest BCUT2D eigenvalue weighted by Crippen LogP contribution is 2.27. The fourth-order valence-corrected chi connectivity index (χ4v) is 5.36. The number of nitrogens with one attached hydrogen (secondary N) is 2. The number of amides is 1. The minimum absolute atomic E-state index is 0.0645. The summed E-state index contributed by atoms with van der Waals surface area (Å²) < 4.78 is 32.9. The van der Waals surface area contributed by atoms with Gasteiger partial charge in [-0.15, -0.1) is 0 Å². The summed E-state index contributed by atoms with van der Waals surface area (Å²) >= 11 is 0. The lowest BCUT2D eigenvalue weighted by atomic mass is 10.0. The fraction of sp³-hybridized carbons (Fsp3) is 0.450. The van der Waals surface area contributed by atoms with Crippen LogP contribution in [0.4, 0.5) is 0 Å². The zero-order valence-corrected chi connectivity index (χ0v) is 16.5. The van der Waals surface area contributed by atoms with Crippen LogP contribution in [0.25, 0.3) is 0 Å². The van der Waals surface area contributed by atoms with Gasteiger partial charge >= 0.3 is 0 Å². The van der Waals surface area contributed by atoms with Crippen LogP contribution >= 0.6 is 0 Å². The second-order valence-electron chi connectivity index (χ2n) is 7.34. The van der Waals surface area contributed by atoms with Crippen LogP contribution in [-0.2, 0) is 23.0 Å². The summed E-state index contributed by atoms with van der Waals surface area (Å²) in [7, 11) is -3.89. The van der Waals surface area contributed by atoms with Crippen molar-refractivity contribution in [3.8, 4) is 0 Å². The van der Waals surface area contributed by atoms with E-state index in [0.717, 1.165) is 36.9 Å². The van der Waals surface area contributed by atoms with Gasteiger partial charge in [-0.3, -0.25) is 4.79 Å². The highest BCUT2D eigenvalue weighted by Gasteiger charge is 2.34. The number of carbonyl (C=O) groups excluding carboxylic acids is 1. The number of piperidine rings is 1. The quantitative estimate of drug-likeness (QED) is 0.796. The van der Waals surface area contributed by atoms with Crippen molar-refractivity contribution in [2.75, 3.05) is 19.6 Å². The molecule has 0 radical (unpaired) electrons. The van der Waals surface area contributed by atoms with Crippen molar-refractivity contribution in [1.29, 1.82) is 0 Å². The van der Waals surface area contributed by atoms with Crippen LogP contribution < -0.4 is 10.6 Å². The van der Waals surface area contributed by atoms with E-state index in [9.17, 15) is 13.2 Å². The molecule has 0 bridgehead atoms. The molecule has 1 fully saturated rings. The molecule has 1 saturated heterocycles. The first-order valence-electron chi connectivity index (χ1n) is 9.72. The van der Waals surface area contributed by atoms with Crippen molar-refractivity contribution >= 4 is 15.9 Å². The van der Waals surface area contributed by atoms with Gasteiger partial charge in [0, 0.05) is 25.7 Å². The third-order valence-electron chi connectivity index (χ3n) is 5.47. The molecule has 150 valence electrons. The summed E-state index contributed by atoms with van der Waals surface area (Å²) in [6, 6.07) is 9.46. The van der Waals surface area contributed by atoms with Crippen molar-refractivity contribution < 1.29 is 17.6 Å². The molecule has 2 aromatic rings. The van der Waals surface area contributed by atoms with Crippen LogP contribution in [0.1, 0.15) is 40.7 Å². The first kappa shape index (κ1) is 19.2. The molecule has 1 aromatic heterocycles. The molecule has 0 unspecified atom stereocenters. The summed E-state index contributed by atoms with van der Waals surface area (Å²) in [4.78, 5) is 12.6. The minimum atomic E-state index is -3.89. The molecule has 7 nitrogen and oxygen atoms in total. The Morgan fingerprint density at radius 1 is 1.21 bits per heavy atom. The number of hydrogen-bond acceptors (Lipinski definition) is 5. The largest absolute Gasteiger partial charge is 0.451 e. The van der Waals surface area contributed by atoms with E-state index >= 15 is 0 Å². The second-order valence-corrected chi connectivity index (χ2v) is 9.17. The summed E-state index contributed by atoms with van der Waals surface area (Å²) in [5.74, 6) is -0.419. The van der Waals surface area contributed by atoms with E-state index in [-0.39, 0.29) is 23.2 Å². The predicted octanol–water partition coefficient (Wildman–Crippen LogP) is 1.90. The summed E-state index contributed by atoms with van der Waals surface area (Å²) in [5.41, 5.74) is 2.21. The highest BCUT2D eigenvalue weighted by molar-refractivity contribution is 7.89. The summed E-state index contributed by atoms with van der Waals surface area (Å²) in [5, 5.41) is 5.93. The molecule has 4 rings (SSSR count). The van der Waals surface area contributed by atoms with Gasteiger partial charge in [0.15, 0.2) is 0 Å². The zero-order chi connectivity index (χ0) is 19.6. The molecule has 2 aliphatic rings. The van der Waals surface area contributed by atoms with Crippen LogP contribution in [0.3, 0.4) is 0 Å². The lowest BCUT2D eigenvalue weighted by Gasteiger charge is -2.27. The van der Waals surface area contributed by atoms with Gasteiger partial charge in [0.05, 0.1) is 11.8 Å². The zero-order valence-electron chi connectivity index (χ0n) is 15.7. The Bertz CT molecular complexity index is 948. The number of fused-ring (bicyclic) bond motifs is 1. The highest BCUT2D eigenvalue weighted by atomic mass is 32.2. The summed E-state index contributed by atoms with van der Waals surface area (Å²) in [6.07, 6.45) is 5.19. The number of carbonyl (C=O) groups is 1. The van der Waals surface area contributed by atoms with Crippen LogP contribution in [0.2, 0.25) is 0 Å². The Labute approximate surface area is 165 Å². The molecule has 0 spiro atoms. The van der Waals surface area contributed by atoms with Crippen molar-refractivity contribution in [2.45, 2.75) is 43.4 Å². The minimum Gasteiger partial charge on any atom is -0.451 e. The van der Waals surface area contributed by atoms with Crippen LogP contribution in [0.5, 0.6) is 0 Å². The third kappa shape index (κ3) is 3.85. The van der Waals surface area contributed by atoms with Gasteiger partial charge in [-0.1, -0.05) is 30.7 Å². The lowest BCUT2D eigenvalue weighted by molar-refractivity contribution is 0.0941. The van der Waals surface area contributed by atoms with Gasteiger partial charge < -0.3 is 15.1 Å². The number of benzene rings is 1. The van der Waals surface area contributed by atoms with E-state index in [0.29, 0.717) is 19.5 Å². The van der Waals surface area contributed by atoms with Gasteiger partial charge in [-0.25, -0.2) is 8.42 Å². The Balaban J connectivity index is 1.49. The van der Waals surface area contributed by atoms with Crippen LogP contribution in [-0.4, -0.2) is 44.3 Å². The SMILES string of the molecule is O=C(NC[C@H]1CCCCN1)c1ccoc1S(=O)(=O)N1CCc2ccccc2C1. The average Bonchev–Trinajstić information content (AvgIpc) is 3.23. The van der Waals surface area contributed by atoms with Crippen molar-refractivity contribution in [2.24, 2.45) is 0 Å². The van der Waals surface area contributed by atoms with Crippen molar-refractivity contribution in [1.82, 2.24) is 14.9 Å². The monoisotopic (exact) mass is 403 g/mol. The molecule has 28 heavy (non-hydrogen) atoms. The molecule has 8 heteroatoms. The molecule has 1 atom stereocenters. The molecular weight excluding hydrogens is 378 g/mol. The number of nitrogens with zero attached hydrogens (tertiary/aromatic N) is 1. The Morgan fingerprint density at radius 3 is 2.82 bits per heavy atom. The first-order chi connectivity index (χ1) is 13.6. The van der Waals surface area contributed by atoms with Gasteiger partial charge in [0.1, 0.15) is 0 Å². The maximum atomic E-state index is 13.1. The lowest BCUT2D eigenvalue weighted by Crippen LogP contribution is -2.43. The molecule has 2 N–H and O–H groups in total. The van der Waals surface area contributed by atoms with E-state index in [2.05, 4.69) is 10.6 Å². The smallest absolute Gasteiger partial charge is 0.277 e. The number of hydrogen-bond donors (Lipinski definition) is 2. The molecule has 1 aromatic carbocycles. The topological polar surface area (TPSA) is 91.6 Å². The van der Waals surface area contributed by atoms with Gasteiger partial charge in [0.2, 0.25) is 5.09 Å². The van der Waals surface area contributed by atoms with Gasteiger partial charge in [0.25, 0.3) is 15.9 Å². The molecule has 2 aliphatic heterocycles. The van der Waals surface area contributed by atoms with Crippen LogP contribution in [0.15, 0.2) is 46.1 Å². The number of rotatable bonds is 5. The molecule has 3 heterocycles. The van der Waals surface area contributed by atoms with E-state index < -0.39 is 15.9 Å². The van der Waals surface area contributed by atoms with E-state index in [4.69, 9.17) is 4.42 Å². The van der Waals surface area contributed by atoms with Crippen molar-refractivity contribution in [3.63, 3.8) is 0 Å². The summed E-state index contributed by atoms with van der Waals surface area (Å²) in [6.45, 7) is 2.07. The predicted molar refractivity (Wildman–Crippen MR) is 104 cm³/mol. The molecule has 0 aliphatic carbocycles.